The number of thiazole rings is 2. The van der Waals surface area contributed by atoms with Crippen molar-refractivity contribution in [3.8, 4) is 27.8 Å². The number of benzene rings is 2. The van der Waals surface area contributed by atoms with E-state index in [1.807, 2.05) is 48.1 Å². The highest BCUT2D eigenvalue weighted by atomic mass is 32.1. The van der Waals surface area contributed by atoms with Crippen LogP contribution in [-0.2, 0) is 6.54 Å². The molecule has 5 aromatic rings. The van der Waals surface area contributed by atoms with Gasteiger partial charge in [-0.3, -0.25) is 0 Å². The topological polar surface area (TPSA) is 52.8 Å². The van der Waals surface area contributed by atoms with Crippen LogP contribution in [0.5, 0.6) is 5.75 Å². The van der Waals surface area contributed by atoms with Crippen LogP contribution in [0, 0.1) is 0 Å². The van der Waals surface area contributed by atoms with Crippen molar-refractivity contribution in [2.45, 2.75) is 13.5 Å². The predicted molar refractivity (Wildman–Crippen MR) is 119 cm³/mol. The molecule has 0 aliphatic rings. The smallest absolute Gasteiger partial charge is 0.161 e. The third-order valence-corrected chi connectivity index (χ3v) is 6.13. The molecule has 0 atom stereocenters. The first-order valence-corrected chi connectivity index (χ1v) is 11.2. The van der Waals surface area contributed by atoms with Gasteiger partial charge in [0, 0.05) is 16.3 Å². The molecule has 3 aromatic heterocycles. The summed E-state index contributed by atoms with van der Waals surface area (Å²) in [6, 6.07) is 16.3. The molecule has 3 heterocycles. The zero-order valence-corrected chi connectivity index (χ0v) is 17.4. The molecular formula is C22H18N4OS2. The van der Waals surface area contributed by atoms with Crippen LogP contribution >= 0.6 is 22.7 Å². The first kappa shape index (κ1) is 18.0. The Morgan fingerprint density at radius 2 is 1.86 bits per heavy atom. The van der Waals surface area contributed by atoms with E-state index in [-0.39, 0.29) is 0 Å². The maximum absolute atomic E-state index is 5.53. The van der Waals surface area contributed by atoms with Gasteiger partial charge in [0.1, 0.15) is 16.5 Å². The van der Waals surface area contributed by atoms with Gasteiger partial charge in [0.25, 0.3) is 0 Å². The van der Waals surface area contributed by atoms with Gasteiger partial charge in [-0.1, -0.05) is 12.1 Å². The molecule has 2 aromatic carbocycles. The summed E-state index contributed by atoms with van der Waals surface area (Å²) in [6.07, 6.45) is 0. The van der Waals surface area contributed by atoms with Crippen LogP contribution in [-0.4, -0.2) is 26.1 Å². The lowest BCUT2D eigenvalue weighted by Gasteiger charge is -2.06. The van der Waals surface area contributed by atoms with E-state index in [9.17, 15) is 0 Å². The highest BCUT2D eigenvalue weighted by molar-refractivity contribution is 7.13. The van der Waals surface area contributed by atoms with Crippen molar-refractivity contribution in [1.82, 2.24) is 19.5 Å². The summed E-state index contributed by atoms with van der Waals surface area (Å²) in [5.74, 6) is 1.76. The molecular weight excluding hydrogens is 400 g/mol. The second kappa shape index (κ2) is 7.77. The predicted octanol–water partition coefficient (Wildman–Crippen LogP) is 5.73. The molecule has 0 unspecified atom stereocenters. The van der Waals surface area contributed by atoms with Gasteiger partial charge in [-0.15, -0.1) is 22.7 Å². The minimum atomic E-state index is 0.654. The Labute approximate surface area is 176 Å². The quantitative estimate of drug-likeness (QED) is 0.353. The van der Waals surface area contributed by atoms with Crippen LogP contribution in [0.2, 0.25) is 0 Å². The molecule has 7 heteroatoms. The lowest BCUT2D eigenvalue weighted by Crippen LogP contribution is -2.02. The van der Waals surface area contributed by atoms with Crippen LogP contribution in [0.4, 0.5) is 0 Å². The number of fused-ring (bicyclic) bond motifs is 1. The summed E-state index contributed by atoms with van der Waals surface area (Å²) in [4.78, 5) is 14.1. The summed E-state index contributed by atoms with van der Waals surface area (Å²) in [6.45, 7) is 3.31. The van der Waals surface area contributed by atoms with Crippen molar-refractivity contribution < 1.29 is 4.74 Å². The molecule has 0 N–H and O–H groups in total. The summed E-state index contributed by atoms with van der Waals surface area (Å²) < 4.78 is 7.72. The van der Waals surface area contributed by atoms with Gasteiger partial charge in [-0.25, -0.2) is 15.0 Å². The van der Waals surface area contributed by atoms with Crippen LogP contribution in [0.1, 0.15) is 12.6 Å². The van der Waals surface area contributed by atoms with E-state index in [1.54, 1.807) is 22.7 Å². The summed E-state index contributed by atoms with van der Waals surface area (Å²) >= 11 is 3.23. The van der Waals surface area contributed by atoms with Crippen molar-refractivity contribution >= 4 is 33.7 Å². The molecule has 0 aliphatic heterocycles. The maximum Gasteiger partial charge on any atom is 0.161 e. The molecule has 0 spiro atoms. The highest BCUT2D eigenvalue weighted by Gasteiger charge is 2.15. The van der Waals surface area contributed by atoms with E-state index in [0.717, 1.165) is 44.6 Å². The Kier molecular flexibility index (Phi) is 4.83. The van der Waals surface area contributed by atoms with Crippen LogP contribution in [0.25, 0.3) is 33.1 Å². The number of aromatic nitrogens is 4. The van der Waals surface area contributed by atoms with Gasteiger partial charge < -0.3 is 9.30 Å². The Morgan fingerprint density at radius 3 is 2.66 bits per heavy atom. The van der Waals surface area contributed by atoms with Crippen molar-refractivity contribution in [3.63, 3.8) is 0 Å². The molecule has 0 saturated carbocycles. The average Bonchev–Trinajstić information content (AvgIpc) is 3.50. The van der Waals surface area contributed by atoms with Gasteiger partial charge in [-0.05, 0) is 43.3 Å². The first-order valence-electron chi connectivity index (χ1n) is 9.33. The minimum absolute atomic E-state index is 0.654. The van der Waals surface area contributed by atoms with Gasteiger partial charge in [0.15, 0.2) is 5.82 Å². The van der Waals surface area contributed by atoms with Crippen molar-refractivity contribution in [2.24, 2.45) is 0 Å². The molecule has 0 amide bonds. The van der Waals surface area contributed by atoms with Crippen LogP contribution in [0.3, 0.4) is 0 Å². The van der Waals surface area contributed by atoms with E-state index < -0.39 is 0 Å². The van der Waals surface area contributed by atoms with Crippen LogP contribution in [0.15, 0.2) is 64.8 Å². The lowest BCUT2D eigenvalue weighted by molar-refractivity contribution is 0.340. The van der Waals surface area contributed by atoms with E-state index in [0.29, 0.717) is 13.2 Å². The van der Waals surface area contributed by atoms with Gasteiger partial charge in [0.05, 0.1) is 35.4 Å². The molecule has 0 radical (unpaired) electrons. The Hall–Kier alpha value is -3.03. The van der Waals surface area contributed by atoms with Gasteiger partial charge >= 0.3 is 0 Å². The van der Waals surface area contributed by atoms with Gasteiger partial charge in [0.2, 0.25) is 0 Å². The molecule has 29 heavy (non-hydrogen) atoms. The fourth-order valence-corrected chi connectivity index (χ4v) is 4.64. The lowest BCUT2D eigenvalue weighted by atomic mass is 10.2. The molecule has 0 aliphatic carbocycles. The third-order valence-electron chi connectivity index (χ3n) is 4.60. The molecule has 0 bridgehead atoms. The Balaban J connectivity index is 1.48. The minimum Gasteiger partial charge on any atom is -0.494 e. The molecule has 5 rings (SSSR count). The molecule has 0 saturated heterocycles. The second-order valence-electron chi connectivity index (χ2n) is 6.49. The first-order chi connectivity index (χ1) is 14.3. The monoisotopic (exact) mass is 418 g/mol. The normalized spacial score (nSPS) is 11.2. The molecule has 144 valence electrons. The Bertz CT molecular complexity index is 1240. The fraction of sp³-hybridized carbons (Fsp3) is 0.136. The summed E-state index contributed by atoms with van der Waals surface area (Å²) in [5.41, 5.74) is 6.90. The van der Waals surface area contributed by atoms with E-state index >= 15 is 0 Å². The fourth-order valence-electron chi connectivity index (χ4n) is 3.29. The third kappa shape index (κ3) is 3.54. The number of hydrogen-bond acceptors (Lipinski definition) is 6. The number of hydrogen-bond donors (Lipinski definition) is 0. The van der Waals surface area contributed by atoms with E-state index in [1.165, 1.54) is 0 Å². The van der Waals surface area contributed by atoms with Crippen molar-refractivity contribution in [3.05, 3.63) is 70.5 Å². The SMILES string of the molecule is CCOc1ccc(-c2nc(Cn3c(-c4cscn4)nc4ccccc43)cs2)cc1. The number of rotatable bonds is 6. The standard InChI is InChI=1S/C22H18N4OS2/c1-2-27-17-9-7-15(8-10-17)22-24-16(12-29-22)11-26-20-6-4-3-5-18(20)25-21(26)19-13-28-14-23-19/h3-10,12-14H,2,11H2,1H3. The zero-order valence-electron chi connectivity index (χ0n) is 15.8. The largest absolute Gasteiger partial charge is 0.494 e. The average molecular weight is 419 g/mol. The van der Waals surface area contributed by atoms with Gasteiger partial charge in [-0.2, -0.15) is 0 Å². The van der Waals surface area contributed by atoms with Crippen LogP contribution < -0.4 is 4.74 Å². The number of nitrogens with zero attached hydrogens (tertiary/aromatic N) is 4. The summed E-state index contributed by atoms with van der Waals surface area (Å²) in [5, 5.41) is 5.15. The number of imidazole rings is 1. The molecule has 5 nitrogen and oxygen atoms in total. The second-order valence-corrected chi connectivity index (χ2v) is 8.06. The number of ether oxygens (including phenoxy) is 1. The number of para-hydroxylation sites is 2. The van der Waals surface area contributed by atoms with Crippen molar-refractivity contribution in [2.75, 3.05) is 6.61 Å². The highest BCUT2D eigenvalue weighted by Crippen LogP contribution is 2.29. The maximum atomic E-state index is 5.53. The van der Waals surface area contributed by atoms with Crippen molar-refractivity contribution in [1.29, 1.82) is 0 Å². The zero-order chi connectivity index (χ0) is 19.6. The summed E-state index contributed by atoms with van der Waals surface area (Å²) in [7, 11) is 0. The molecule has 0 fully saturated rings. The van der Waals surface area contributed by atoms with E-state index in [4.69, 9.17) is 14.7 Å². The Morgan fingerprint density at radius 1 is 1.00 bits per heavy atom. The van der Waals surface area contributed by atoms with E-state index in [2.05, 4.69) is 33.1 Å².